The summed E-state index contributed by atoms with van der Waals surface area (Å²) in [7, 11) is 0. The smallest absolute Gasteiger partial charge is 0.00147 e. The molecule has 0 bridgehead atoms. The summed E-state index contributed by atoms with van der Waals surface area (Å²) in [6.45, 7) is 4.96. The predicted octanol–water partition coefficient (Wildman–Crippen LogP) is 2.57. The van der Waals surface area contributed by atoms with Crippen LogP contribution in [0.15, 0.2) is 0 Å². The van der Waals surface area contributed by atoms with Crippen molar-refractivity contribution in [3.05, 3.63) is 0 Å². The van der Waals surface area contributed by atoms with Gasteiger partial charge in [0, 0.05) is 0 Å². The monoisotopic (exact) mass is 167 g/mol. The van der Waals surface area contributed by atoms with Gasteiger partial charge in [-0.05, 0) is 43.7 Å². The van der Waals surface area contributed by atoms with E-state index in [1.807, 2.05) is 0 Å². The van der Waals surface area contributed by atoms with Crippen molar-refractivity contribution in [2.45, 2.75) is 45.4 Å². The van der Waals surface area contributed by atoms with Crippen molar-refractivity contribution in [1.29, 1.82) is 0 Å². The van der Waals surface area contributed by atoms with Gasteiger partial charge in [0.15, 0.2) is 0 Å². The highest BCUT2D eigenvalue weighted by Gasteiger charge is 2.40. The number of rotatable bonds is 2. The maximum atomic E-state index is 3.51. The molecule has 0 aromatic heterocycles. The lowest BCUT2D eigenvalue weighted by molar-refractivity contribution is 0.172. The Labute approximate surface area is 75.9 Å². The molecule has 1 saturated carbocycles. The van der Waals surface area contributed by atoms with Crippen LogP contribution < -0.4 is 5.32 Å². The first kappa shape index (κ1) is 8.55. The summed E-state index contributed by atoms with van der Waals surface area (Å²) in [5, 5.41) is 3.51. The van der Waals surface area contributed by atoms with Crippen LogP contribution >= 0.6 is 0 Å². The molecule has 1 heteroatoms. The second-order valence-corrected chi connectivity index (χ2v) is 4.61. The van der Waals surface area contributed by atoms with Gasteiger partial charge in [-0.3, -0.25) is 0 Å². The van der Waals surface area contributed by atoms with Gasteiger partial charge in [0.1, 0.15) is 0 Å². The second-order valence-electron chi connectivity index (χ2n) is 4.61. The van der Waals surface area contributed by atoms with Gasteiger partial charge in [0.25, 0.3) is 0 Å². The first-order valence-electron chi connectivity index (χ1n) is 5.58. The van der Waals surface area contributed by atoms with E-state index in [2.05, 4.69) is 12.2 Å². The summed E-state index contributed by atoms with van der Waals surface area (Å²) in [4.78, 5) is 0. The quantitative estimate of drug-likeness (QED) is 0.666. The number of hydrogen-bond acceptors (Lipinski definition) is 1. The van der Waals surface area contributed by atoms with E-state index in [9.17, 15) is 0 Å². The highest BCUT2D eigenvalue weighted by atomic mass is 14.9. The van der Waals surface area contributed by atoms with Crippen LogP contribution in [0.5, 0.6) is 0 Å². The Hall–Kier alpha value is -0.0400. The van der Waals surface area contributed by atoms with E-state index in [0.29, 0.717) is 0 Å². The molecule has 0 aromatic carbocycles. The Morgan fingerprint density at radius 2 is 2.08 bits per heavy atom. The molecule has 0 spiro atoms. The van der Waals surface area contributed by atoms with E-state index in [4.69, 9.17) is 0 Å². The average molecular weight is 167 g/mol. The highest BCUT2D eigenvalue weighted by Crippen LogP contribution is 2.48. The lowest BCUT2D eigenvalue weighted by Gasteiger charge is -2.33. The molecule has 1 N–H and O–H groups in total. The van der Waals surface area contributed by atoms with Gasteiger partial charge >= 0.3 is 0 Å². The predicted molar refractivity (Wildman–Crippen MR) is 52.2 cm³/mol. The van der Waals surface area contributed by atoms with Crippen LogP contribution in [0.4, 0.5) is 0 Å². The Kier molecular flexibility index (Phi) is 2.40. The van der Waals surface area contributed by atoms with Crippen LogP contribution in [0.3, 0.4) is 0 Å². The molecule has 1 heterocycles. The molecular weight excluding hydrogens is 146 g/mol. The van der Waals surface area contributed by atoms with Crippen LogP contribution in [0.2, 0.25) is 0 Å². The van der Waals surface area contributed by atoms with E-state index < -0.39 is 0 Å². The Bertz CT molecular complexity index is 141. The fraction of sp³-hybridized carbons (Fsp3) is 1.00. The molecule has 2 aliphatic rings. The topological polar surface area (TPSA) is 12.0 Å². The van der Waals surface area contributed by atoms with Crippen LogP contribution in [0.25, 0.3) is 0 Å². The first-order chi connectivity index (χ1) is 5.87. The van der Waals surface area contributed by atoms with Crippen molar-refractivity contribution in [3.63, 3.8) is 0 Å². The van der Waals surface area contributed by atoms with Gasteiger partial charge in [-0.25, -0.2) is 0 Å². The zero-order valence-corrected chi connectivity index (χ0v) is 8.23. The molecule has 0 aromatic rings. The third kappa shape index (κ3) is 1.28. The molecule has 1 unspecified atom stereocenters. The van der Waals surface area contributed by atoms with Crippen LogP contribution in [0.1, 0.15) is 45.4 Å². The Balaban J connectivity index is 2.04. The summed E-state index contributed by atoms with van der Waals surface area (Å²) in [6, 6.07) is 0. The van der Waals surface area contributed by atoms with Gasteiger partial charge in [0.2, 0.25) is 0 Å². The third-order valence-electron chi connectivity index (χ3n) is 4.23. The van der Waals surface area contributed by atoms with E-state index in [-0.39, 0.29) is 0 Å². The largest absolute Gasteiger partial charge is 0.316 e. The summed E-state index contributed by atoms with van der Waals surface area (Å²) in [5.74, 6) is 1.00. The van der Waals surface area contributed by atoms with E-state index >= 15 is 0 Å². The Morgan fingerprint density at radius 1 is 1.33 bits per heavy atom. The zero-order valence-electron chi connectivity index (χ0n) is 8.23. The minimum atomic E-state index is 0.753. The summed E-state index contributed by atoms with van der Waals surface area (Å²) in [6.07, 6.45) is 8.85. The maximum absolute atomic E-state index is 3.51. The van der Waals surface area contributed by atoms with Crippen molar-refractivity contribution in [2.24, 2.45) is 11.3 Å². The van der Waals surface area contributed by atoms with Gasteiger partial charge in [-0.15, -0.1) is 0 Å². The molecule has 1 aliphatic heterocycles. The first-order valence-corrected chi connectivity index (χ1v) is 5.58. The van der Waals surface area contributed by atoms with Gasteiger partial charge < -0.3 is 5.32 Å². The van der Waals surface area contributed by atoms with Crippen molar-refractivity contribution in [2.75, 3.05) is 13.1 Å². The molecule has 2 rings (SSSR count). The minimum absolute atomic E-state index is 0.753. The lowest BCUT2D eigenvalue weighted by atomic mass is 9.71. The van der Waals surface area contributed by atoms with Gasteiger partial charge in [-0.2, -0.15) is 0 Å². The molecule has 2 fully saturated rings. The van der Waals surface area contributed by atoms with Crippen molar-refractivity contribution in [1.82, 2.24) is 5.32 Å². The molecule has 0 amide bonds. The molecular formula is C11H21N. The fourth-order valence-corrected chi connectivity index (χ4v) is 3.31. The van der Waals surface area contributed by atoms with Crippen LogP contribution in [0, 0.1) is 11.3 Å². The molecule has 1 saturated heterocycles. The van der Waals surface area contributed by atoms with Gasteiger partial charge in [-0.1, -0.05) is 26.2 Å². The summed E-state index contributed by atoms with van der Waals surface area (Å²) >= 11 is 0. The number of hydrogen-bond donors (Lipinski definition) is 1. The SMILES string of the molecule is CCC1(C2CCNC2)CCCC1. The molecule has 1 atom stereocenters. The second kappa shape index (κ2) is 3.37. The van der Waals surface area contributed by atoms with Crippen molar-refractivity contribution >= 4 is 0 Å². The lowest BCUT2D eigenvalue weighted by Crippen LogP contribution is -2.28. The normalized spacial score (nSPS) is 34.2. The van der Waals surface area contributed by atoms with E-state index in [1.54, 1.807) is 0 Å². The van der Waals surface area contributed by atoms with E-state index in [1.165, 1.54) is 51.6 Å². The van der Waals surface area contributed by atoms with Gasteiger partial charge in [0.05, 0.1) is 0 Å². The summed E-state index contributed by atoms with van der Waals surface area (Å²) < 4.78 is 0. The maximum Gasteiger partial charge on any atom is -0.00147 e. The zero-order chi connectivity index (χ0) is 8.44. The minimum Gasteiger partial charge on any atom is -0.316 e. The average Bonchev–Trinajstić information content (AvgIpc) is 2.76. The molecule has 0 radical (unpaired) electrons. The van der Waals surface area contributed by atoms with E-state index in [0.717, 1.165) is 11.3 Å². The van der Waals surface area contributed by atoms with Crippen molar-refractivity contribution < 1.29 is 0 Å². The van der Waals surface area contributed by atoms with Crippen molar-refractivity contribution in [3.8, 4) is 0 Å². The van der Waals surface area contributed by atoms with Crippen LogP contribution in [-0.2, 0) is 0 Å². The number of nitrogens with one attached hydrogen (secondary N) is 1. The Morgan fingerprint density at radius 3 is 2.58 bits per heavy atom. The molecule has 1 nitrogen and oxygen atoms in total. The third-order valence-corrected chi connectivity index (χ3v) is 4.23. The molecule has 1 aliphatic carbocycles. The highest BCUT2D eigenvalue weighted by molar-refractivity contribution is 4.93. The summed E-state index contributed by atoms with van der Waals surface area (Å²) in [5.41, 5.74) is 0.753. The molecule has 70 valence electrons. The standard InChI is InChI=1S/C11H21N/c1-2-11(6-3-4-7-11)10-5-8-12-9-10/h10,12H,2-9H2,1H3. The molecule has 12 heavy (non-hydrogen) atoms. The fourth-order valence-electron chi connectivity index (χ4n) is 3.31. The van der Waals surface area contributed by atoms with Crippen LogP contribution in [-0.4, -0.2) is 13.1 Å².